The molecule has 0 aliphatic rings. The molecular formula is C16H12FN3OS. The van der Waals surface area contributed by atoms with Crippen molar-refractivity contribution in [3.8, 4) is 17.0 Å². The van der Waals surface area contributed by atoms with Crippen molar-refractivity contribution in [3.63, 3.8) is 0 Å². The van der Waals surface area contributed by atoms with E-state index in [1.807, 2.05) is 11.4 Å². The van der Waals surface area contributed by atoms with Crippen LogP contribution in [-0.2, 0) is 0 Å². The third-order valence-electron chi connectivity index (χ3n) is 2.87. The number of nitrogens with zero attached hydrogens (tertiary/aromatic N) is 2. The molecule has 1 heterocycles. The maximum Gasteiger partial charge on any atom is 0.203 e. The second kappa shape index (κ2) is 6.36. The van der Waals surface area contributed by atoms with Gasteiger partial charge in [0.1, 0.15) is 11.6 Å². The van der Waals surface area contributed by atoms with Gasteiger partial charge in [-0.25, -0.2) is 9.37 Å². The summed E-state index contributed by atoms with van der Waals surface area (Å²) >= 11 is 1.40. The van der Waals surface area contributed by atoms with Crippen LogP contribution in [0.15, 0.2) is 59.0 Å². The molecule has 2 N–H and O–H groups in total. The van der Waals surface area contributed by atoms with Crippen molar-refractivity contribution in [1.82, 2.24) is 4.98 Å². The summed E-state index contributed by atoms with van der Waals surface area (Å²) < 4.78 is 13.0. The normalized spacial score (nSPS) is 11.0. The van der Waals surface area contributed by atoms with Gasteiger partial charge in [0, 0.05) is 10.9 Å². The lowest BCUT2D eigenvalue weighted by Crippen LogP contribution is -1.90. The fourth-order valence-corrected chi connectivity index (χ4v) is 2.54. The molecule has 4 nitrogen and oxygen atoms in total. The highest BCUT2D eigenvalue weighted by Gasteiger charge is 2.04. The molecule has 1 aromatic heterocycles. The van der Waals surface area contributed by atoms with E-state index >= 15 is 0 Å². The molecule has 0 radical (unpaired) electrons. The first-order valence-electron chi connectivity index (χ1n) is 6.50. The Kier molecular flexibility index (Phi) is 4.11. The smallest absolute Gasteiger partial charge is 0.203 e. The van der Waals surface area contributed by atoms with Crippen LogP contribution in [0, 0.1) is 5.82 Å². The van der Waals surface area contributed by atoms with Crippen LogP contribution < -0.4 is 5.43 Å². The van der Waals surface area contributed by atoms with Crippen molar-refractivity contribution >= 4 is 22.7 Å². The minimum absolute atomic E-state index is 0.198. The summed E-state index contributed by atoms with van der Waals surface area (Å²) in [6.07, 6.45) is 1.53. The Morgan fingerprint density at radius 1 is 1.18 bits per heavy atom. The van der Waals surface area contributed by atoms with Crippen molar-refractivity contribution in [1.29, 1.82) is 0 Å². The second-order valence-corrected chi connectivity index (χ2v) is 5.37. The van der Waals surface area contributed by atoms with Crippen LogP contribution in [0.2, 0.25) is 0 Å². The number of thiazole rings is 1. The molecule has 110 valence electrons. The molecule has 0 fully saturated rings. The van der Waals surface area contributed by atoms with E-state index in [2.05, 4.69) is 15.5 Å². The maximum absolute atomic E-state index is 13.0. The largest absolute Gasteiger partial charge is 0.508 e. The van der Waals surface area contributed by atoms with Gasteiger partial charge in [-0.05, 0) is 29.8 Å². The van der Waals surface area contributed by atoms with E-state index in [4.69, 9.17) is 0 Å². The van der Waals surface area contributed by atoms with Crippen LogP contribution in [-0.4, -0.2) is 16.3 Å². The maximum atomic E-state index is 13.0. The summed E-state index contributed by atoms with van der Waals surface area (Å²) in [5, 5.41) is 16.0. The predicted molar refractivity (Wildman–Crippen MR) is 86.8 cm³/mol. The monoisotopic (exact) mass is 313 g/mol. The van der Waals surface area contributed by atoms with E-state index in [0.717, 1.165) is 11.3 Å². The fourth-order valence-electron chi connectivity index (χ4n) is 1.87. The van der Waals surface area contributed by atoms with Gasteiger partial charge in [0.25, 0.3) is 0 Å². The summed E-state index contributed by atoms with van der Waals surface area (Å²) in [5.74, 6) is -0.103. The van der Waals surface area contributed by atoms with Crippen LogP contribution >= 0.6 is 11.3 Å². The fraction of sp³-hybridized carbons (Fsp3) is 0. The number of nitrogens with one attached hydrogen (secondary N) is 1. The number of anilines is 1. The van der Waals surface area contributed by atoms with Crippen molar-refractivity contribution in [2.24, 2.45) is 5.10 Å². The summed E-state index contributed by atoms with van der Waals surface area (Å²) in [7, 11) is 0. The van der Waals surface area contributed by atoms with E-state index < -0.39 is 0 Å². The van der Waals surface area contributed by atoms with Crippen LogP contribution in [0.5, 0.6) is 5.75 Å². The minimum Gasteiger partial charge on any atom is -0.508 e. The molecule has 0 aliphatic carbocycles. The summed E-state index contributed by atoms with van der Waals surface area (Å²) in [4.78, 5) is 4.38. The van der Waals surface area contributed by atoms with Crippen molar-refractivity contribution in [2.45, 2.75) is 0 Å². The molecular weight excluding hydrogens is 301 g/mol. The Bertz CT molecular complexity index is 816. The average Bonchev–Trinajstić information content (AvgIpc) is 2.96. The predicted octanol–water partition coefficient (Wildman–Crippen LogP) is 4.10. The molecule has 0 amide bonds. The Morgan fingerprint density at radius 2 is 2.05 bits per heavy atom. The zero-order valence-corrected chi connectivity index (χ0v) is 12.2. The highest BCUT2D eigenvalue weighted by atomic mass is 32.1. The first-order chi connectivity index (χ1) is 10.7. The highest BCUT2D eigenvalue weighted by Crippen LogP contribution is 2.26. The molecule has 6 heteroatoms. The molecule has 22 heavy (non-hydrogen) atoms. The van der Waals surface area contributed by atoms with Gasteiger partial charge in [0.2, 0.25) is 5.13 Å². The van der Waals surface area contributed by atoms with E-state index in [-0.39, 0.29) is 11.6 Å². The van der Waals surface area contributed by atoms with Gasteiger partial charge in [-0.2, -0.15) is 5.10 Å². The summed E-state index contributed by atoms with van der Waals surface area (Å²) in [6.45, 7) is 0. The summed E-state index contributed by atoms with van der Waals surface area (Å²) in [6, 6.07) is 13.0. The Morgan fingerprint density at radius 3 is 2.86 bits per heavy atom. The van der Waals surface area contributed by atoms with E-state index in [1.165, 1.54) is 29.7 Å². The standard InChI is InChI=1S/C16H12FN3OS/c17-13-5-1-3-11(7-13)9-18-20-16-19-15(10-22-16)12-4-2-6-14(21)8-12/h1-10,21H,(H,19,20). The molecule has 0 atom stereocenters. The van der Waals surface area contributed by atoms with E-state index in [0.29, 0.717) is 10.7 Å². The second-order valence-electron chi connectivity index (χ2n) is 4.51. The van der Waals surface area contributed by atoms with Gasteiger partial charge >= 0.3 is 0 Å². The zero-order chi connectivity index (χ0) is 15.4. The number of rotatable bonds is 4. The molecule has 0 aliphatic heterocycles. The van der Waals surface area contributed by atoms with Gasteiger partial charge in [0.15, 0.2) is 0 Å². The molecule has 0 unspecified atom stereocenters. The molecule has 0 saturated heterocycles. The van der Waals surface area contributed by atoms with Gasteiger partial charge in [-0.15, -0.1) is 11.3 Å². The number of aromatic hydroxyl groups is 1. The third-order valence-corrected chi connectivity index (χ3v) is 3.62. The van der Waals surface area contributed by atoms with E-state index in [1.54, 1.807) is 30.3 Å². The topological polar surface area (TPSA) is 57.5 Å². The number of aromatic nitrogens is 1. The van der Waals surface area contributed by atoms with Crippen LogP contribution in [0.3, 0.4) is 0 Å². The lowest BCUT2D eigenvalue weighted by atomic mass is 10.2. The minimum atomic E-state index is -0.302. The Hall–Kier alpha value is -2.73. The first-order valence-corrected chi connectivity index (χ1v) is 7.38. The molecule has 2 aromatic carbocycles. The van der Waals surface area contributed by atoms with Crippen LogP contribution in [0.1, 0.15) is 5.56 Å². The zero-order valence-electron chi connectivity index (χ0n) is 11.4. The lowest BCUT2D eigenvalue weighted by Gasteiger charge is -1.97. The SMILES string of the molecule is Oc1cccc(-c2csc(NN=Cc3cccc(F)c3)n2)c1. The Balaban J connectivity index is 1.69. The van der Waals surface area contributed by atoms with Crippen LogP contribution in [0.25, 0.3) is 11.3 Å². The van der Waals surface area contributed by atoms with Gasteiger partial charge in [0.05, 0.1) is 11.9 Å². The first kappa shape index (κ1) is 14.2. The molecule has 3 rings (SSSR count). The van der Waals surface area contributed by atoms with Crippen molar-refractivity contribution < 1.29 is 9.50 Å². The third kappa shape index (κ3) is 3.48. The summed E-state index contributed by atoms with van der Waals surface area (Å²) in [5.41, 5.74) is 5.06. The lowest BCUT2D eigenvalue weighted by molar-refractivity contribution is 0.475. The Labute approximate surface area is 130 Å². The van der Waals surface area contributed by atoms with E-state index in [9.17, 15) is 9.50 Å². The highest BCUT2D eigenvalue weighted by molar-refractivity contribution is 7.14. The molecule has 0 saturated carbocycles. The average molecular weight is 313 g/mol. The molecule has 0 bridgehead atoms. The number of hydrogen-bond donors (Lipinski definition) is 2. The number of hydrazone groups is 1. The van der Waals surface area contributed by atoms with Crippen molar-refractivity contribution in [3.05, 3.63) is 65.3 Å². The van der Waals surface area contributed by atoms with Gasteiger partial charge < -0.3 is 5.11 Å². The number of hydrogen-bond acceptors (Lipinski definition) is 5. The van der Waals surface area contributed by atoms with Gasteiger partial charge in [-0.3, -0.25) is 5.43 Å². The number of phenols is 1. The molecule has 0 spiro atoms. The van der Waals surface area contributed by atoms with Crippen LogP contribution in [0.4, 0.5) is 9.52 Å². The van der Waals surface area contributed by atoms with Gasteiger partial charge in [-0.1, -0.05) is 24.3 Å². The quantitative estimate of drug-likeness (QED) is 0.563. The number of benzene rings is 2. The number of halogens is 1. The van der Waals surface area contributed by atoms with Crippen molar-refractivity contribution in [2.75, 3.05) is 5.43 Å². The molecule has 3 aromatic rings. The number of phenolic OH excluding ortho intramolecular Hbond substituents is 1.